The third kappa shape index (κ3) is 4.01. The smallest absolute Gasteiger partial charge is 0.126 e. The van der Waals surface area contributed by atoms with Crippen molar-refractivity contribution in [1.29, 1.82) is 0 Å². The molecule has 0 saturated carbocycles. The van der Waals surface area contributed by atoms with E-state index in [1.54, 1.807) is 12.1 Å². The lowest BCUT2D eigenvalue weighted by atomic mass is 10.0. The fraction of sp³-hybridized carbons (Fsp3) is 0.304. The molecule has 1 aliphatic heterocycles. The first kappa shape index (κ1) is 17.7. The van der Waals surface area contributed by atoms with E-state index in [9.17, 15) is 5.11 Å². The quantitative estimate of drug-likeness (QED) is 0.752. The van der Waals surface area contributed by atoms with Gasteiger partial charge in [-0.3, -0.25) is 4.90 Å². The zero-order chi connectivity index (χ0) is 18.8. The van der Waals surface area contributed by atoms with Crippen molar-refractivity contribution in [3.05, 3.63) is 76.7 Å². The van der Waals surface area contributed by atoms with Gasteiger partial charge in [0.15, 0.2) is 0 Å². The number of hydrogen-bond acceptors (Lipinski definition) is 4. The van der Waals surface area contributed by atoms with Gasteiger partial charge in [-0.25, -0.2) is 9.97 Å². The molecule has 0 amide bonds. The standard InChI is InChI=1S/C23H25N3O/c1-16-5-7-18(8-6-16)14-26-13-3-4-22-21(15-26)23(25-17(2)24-22)19-9-11-20(27)12-10-19/h5-12,27H,3-4,13-15H2,1-2H3. The number of benzene rings is 2. The molecule has 1 aromatic heterocycles. The molecule has 0 aliphatic carbocycles. The minimum absolute atomic E-state index is 0.275. The van der Waals surface area contributed by atoms with Crippen LogP contribution < -0.4 is 0 Å². The first-order valence-corrected chi connectivity index (χ1v) is 9.52. The van der Waals surface area contributed by atoms with Gasteiger partial charge < -0.3 is 5.11 Å². The van der Waals surface area contributed by atoms with E-state index in [-0.39, 0.29) is 5.75 Å². The summed E-state index contributed by atoms with van der Waals surface area (Å²) in [6.07, 6.45) is 2.08. The van der Waals surface area contributed by atoms with Gasteiger partial charge in [-0.2, -0.15) is 0 Å². The van der Waals surface area contributed by atoms with E-state index >= 15 is 0 Å². The molecule has 27 heavy (non-hydrogen) atoms. The topological polar surface area (TPSA) is 49.2 Å². The average molecular weight is 359 g/mol. The molecule has 3 aromatic rings. The summed E-state index contributed by atoms with van der Waals surface area (Å²) in [5, 5.41) is 9.63. The van der Waals surface area contributed by atoms with Gasteiger partial charge >= 0.3 is 0 Å². The number of nitrogens with zero attached hydrogens (tertiary/aromatic N) is 3. The van der Waals surface area contributed by atoms with Crippen LogP contribution in [0.4, 0.5) is 0 Å². The lowest BCUT2D eigenvalue weighted by Gasteiger charge is -2.22. The highest BCUT2D eigenvalue weighted by Gasteiger charge is 2.21. The molecule has 2 heterocycles. The van der Waals surface area contributed by atoms with Crippen molar-refractivity contribution in [3.8, 4) is 17.0 Å². The number of aryl methyl sites for hydroxylation is 3. The molecule has 4 nitrogen and oxygen atoms in total. The summed E-state index contributed by atoms with van der Waals surface area (Å²) in [4.78, 5) is 12.0. The zero-order valence-electron chi connectivity index (χ0n) is 15.9. The van der Waals surface area contributed by atoms with Crippen molar-refractivity contribution in [2.75, 3.05) is 6.54 Å². The molecule has 1 N–H and O–H groups in total. The van der Waals surface area contributed by atoms with Crippen LogP contribution in [0, 0.1) is 13.8 Å². The lowest BCUT2D eigenvalue weighted by Crippen LogP contribution is -2.23. The number of hydrogen-bond donors (Lipinski definition) is 1. The average Bonchev–Trinajstić information content (AvgIpc) is 2.85. The zero-order valence-corrected chi connectivity index (χ0v) is 15.9. The van der Waals surface area contributed by atoms with Gasteiger partial charge in [0.05, 0.1) is 5.69 Å². The summed E-state index contributed by atoms with van der Waals surface area (Å²) < 4.78 is 0. The van der Waals surface area contributed by atoms with Crippen molar-refractivity contribution in [2.24, 2.45) is 0 Å². The van der Waals surface area contributed by atoms with Crippen LogP contribution >= 0.6 is 0 Å². The maximum Gasteiger partial charge on any atom is 0.126 e. The number of fused-ring (bicyclic) bond motifs is 1. The number of aromatic nitrogens is 2. The number of rotatable bonds is 3. The lowest BCUT2D eigenvalue weighted by molar-refractivity contribution is 0.261. The maximum atomic E-state index is 9.63. The van der Waals surface area contributed by atoms with Crippen molar-refractivity contribution in [3.63, 3.8) is 0 Å². The van der Waals surface area contributed by atoms with Crippen LogP contribution in [0.3, 0.4) is 0 Å². The van der Waals surface area contributed by atoms with E-state index in [0.29, 0.717) is 0 Å². The Morgan fingerprint density at radius 2 is 1.70 bits per heavy atom. The highest BCUT2D eigenvalue weighted by Crippen LogP contribution is 2.29. The van der Waals surface area contributed by atoms with Crippen LogP contribution in [-0.4, -0.2) is 26.5 Å². The van der Waals surface area contributed by atoms with Gasteiger partial charge in [0.1, 0.15) is 11.6 Å². The Balaban J connectivity index is 1.68. The molecular formula is C23H25N3O. The maximum absolute atomic E-state index is 9.63. The normalized spacial score (nSPS) is 14.6. The molecule has 1 aliphatic rings. The molecule has 2 aromatic carbocycles. The first-order chi connectivity index (χ1) is 13.1. The van der Waals surface area contributed by atoms with Crippen LogP contribution in [0.15, 0.2) is 48.5 Å². The molecule has 0 saturated heterocycles. The van der Waals surface area contributed by atoms with Gasteiger partial charge in [0, 0.05) is 29.9 Å². The minimum atomic E-state index is 0.275. The van der Waals surface area contributed by atoms with Crippen LogP contribution in [0.2, 0.25) is 0 Å². The van der Waals surface area contributed by atoms with Gasteiger partial charge in [-0.1, -0.05) is 29.8 Å². The van der Waals surface area contributed by atoms with E-state index in [1.165, 1.54) is 16.7 Å². The summed E-state index contributed by atoms with van der Waals surface area (Å²) in [7, 11) is 0. The number of aromatic hydroxyl groups is 1. The van der Waals surface area contributed by atoms with Crippen LogP contribution in [0.25, 0.3) is 11.3 Å². The largest absolute Gasteiger partial charge is 0.508 e. The van der Waals surface area contributed by atoms with Crippen molar-refractivity contribution < 1.29 is 5.11 Å². The fourth-order valence-electron chi connectivity index (χ4n) is 3.74. The van der Waals surface area contributed by atoms with E-state index in [4.69, 9.17) is 9.97 Å². The van der Waals surface area contributed by atoms with Crippen molar-refractivity contribution in [1.82, 2.24) is 14.9 Å². The van der Waals surface area contributed by atoms with Gasteiger partial charge in [-0.05, 0) is 63.1 Å². The predicted octanol–water partition coefficient (Wildman–Crippen LogP) is 4.41. The fourth-order valence-corrected chi connectivity index (χ4v) is 3.74. The van der Waals surface area contributed by atoms with E-state index in [0.717, 1.165) is 55.3 Å². The molecule has 0 fully saturated rings. The molecule has 4 rings (SSSR count). The van der Waals surface area contributed by atoms with Crippen molar-refractivity contribution >= 4 is 0 Å². The second-order valence-electron chi connectivity index (χ2n) is 7.39. The summed E-state index contributed by atoms with van der Waals surface area (Å²) in [6.45, 7) is 6.91. The van der Waals surface area contributed by atoms with E-state index in [2.05, 4.69) is 36.1 Å². The Morgan fingerprint density at radius 1 is 0.963 bits per heavy atom. The second kappa shape index (κ2) is 7.49. The Kier molecular flexibility index (Phi) is 4.90. The SMILES string of the molecule is Cc1ccc(CN2CCCc3nc(C)nc(-c4ccc(O)cc4)c3C2)cc1. The molecule has 0 atom stereocenters. The Morgan fingerprint density at radius 3 is 2.44 bits per heavy atom. The molecule has 0 radical (unpaired) electrons. The van der Waals surface area contributed by atoms with Crippen LogP contribution in [-0.2, 0) is 19.5 Å². The Bertz CT molecular complexity index is 933. The molecular weight excluding hydrogens is 334 g/mol. The van der Waals surface area contributed by atoms with Gasteiger partial charge in [0.2, 0.25) is 0 Å². The first-order valence-electron chi connectivity index (χ1n) is 9.52. The number of phenolic OH excluding ortho intramolecular Hbond substituents is 1. The summed E-state index contributed by atoms with van der Waals surface area (Å²) in [5.74, 6) is 1.08. The summed E-state index contributed by atoms with van der Waals surface area (Å²) in [6, 6.07) is 16.1. The molecule has 0 unspecified atom stereocenters. The Hall–Kier alpha value is -2.72. The van der Waals surface area contributed by atoms with E-state index < -0.39 is 0 Å². The summed E-state index contributed by atoms with van der Waals surface area (Å²) in [5.41, 5.74) is 7.04. The molecule has 4 heteroatoms. The van der Waals surface area contributed by atoms with Gasteiger partial charge in [0.25, 0.3) is 0 Å². The molecule has 0 bridgehead atoms. The number of phenols is 1. The Labute approximate surface area is 160 Å². The third-order valence-corrected chi connectivity index (χ3v) is 5.14. The van der Waals surface area contributed by atoms with E-state index in [1.807, 2.05) is 19.1 Å². The van der Waals surface area contributed by atoms with Crippen LogP contribution in [0.1, 0.15) is 34.6 Å². The molecule has 0 spiro atoms. The summed E-state index contributed by atoms with van der Waals surface area (Å²) >= 11 is 0. The van der Waals surface area contributed by atoms with Crippen molar-refractivity contribution in [2.45, 2.75) is 39.8 Å². The monoisotopic (exact) mass is 359 g/mol. The second-order valence-corrected chi connectivity index (χ2v) is 7.39. The van der Waals surface area contributed by atoms with Crippen LogP contribution in [0.5, 0.6) is 5.75 Å². The van der Waals surface area contributed by atoms with Gasteiger partial charge in [-0.15, -0.1) is 0 Å². The minimum Gasteiger partial charge on any atom is -0.508 e. The highest BCUT2D eigenvalue weighted by atomic mass is 16.3. The predicted molar refractivity (Wildman–Crippen MR) is 107 cm³/mol. The third-order valence-electron chi connectivity index (χ3n) is 5.14. The molecule has 138 valence electrons. The highest BCUT2D eigenvalue weighted by molar-refractivity contribution is 5.65.